The highest BCUT2D eigenvalue weighted by molar-refractivity contribution is 6.34. The zero-order chi connectivity index (χ0) is 25.2. The lowest BCUT2D eigenvalue weighted by Crippen LogP contribution is -2.56. The van der Waals surface area contributed by atoms with Crippen molar-refractivity contribution in [1.82, 2.24) is 4.90 Å². The number of aliphatic hydroxyl groups excluding tert-OH is 1. The van der Waals surface area contributed by atoms with Crippen molar-refractivity contribution >= 4 is 35.1 Å². The van der Waals surface area contributed by atoms with Crippen molar-refractivity contribution in [3.05, 3.63) is 54.6 Å². The molecule has 3 saturated heterocycles. The molecule has 3 heterocycles. The number of aliphatic hydroxyl groups is 1. The monoisotopic (exact) mass is 502 g/mol. The van der Waals surface area contributed by atoms with E-state index in [1.54, 1.807) is 30.3 Å². The summed E-state index contributed by atoms with van der Waals surface area (Å²) in [6, 6.07) is 6.07. The number of fused-ring (bicyclic) bond motifs is 1. The van der Waals surface area contributed by atoms with Gasteiger partial charge in [-0.25, -0.2) is 0 Å². The van der Waals surface area contributed by atoms with Crippen molar-refractivity contribution in [3.63, 3.8) is 0 Å². The third-order valence-electron chi connectivity index (χ3n) is 7.18. The fourth-order valence-corrected chi connectivity index (χ4v) is 6.06. The molecule has 8 nitrogen and oxygen atoms in total. The number of halogens is 1. The van der Waals surface area contributed by atoms with Crippen LogP contribution in [0.3, 0.4) is 0 Å². The molecule has 2 bridgehead atoms. The van der Waals surface area contributed by atoms with Crippen molar-refractivity contribution in [2.45, 2.75) is 43.4 Å². The van der Waals surface area contributed by atoms with Crippen LogP contribution in [0.5, 0.6) is 0 Å². The van der Waals surface area contributed by atoms with Gasteiger partial charge in [0.2, 0.25) is 5.91 Å². The Bertz CT molecular complexity index is 1020. The third-order valence-corrected chi connectivity index (χ3v) is 7.50. The second-order valence-electron chi connectivity index (χ2n) is 9.13. The van der Waals surface area contributed by atoms with E-state index in [1.807, 2.05) is 0 Å². The molecule has 3 fully saturated rings. The van der Waals surface area contributed by atoms with E-state index in [4.69, 9.17) is 21.1 Å². The number of carbonyl (C=O) groups excluding carboxylic acids is 3. The van der Waals surface area contributed by atoms with Crippen molar-refractivity contribution < 1.29 is 29.0 Å². The zero-order valence-corrected chi connectivity index (χ0v) is 20.4. The Morgan fingerprint density at radius 3 is 2.74 bits per heavy atom. The predicted octanol–water partition coefficient (Wildman–Crippen LogP) is 2.74. The quantitative estimate of drug-likeness (QED) is 0.284. The SMILES string of the molecule is C=CCOC(=O)[C@@H]1[C@@H]2CCC3(O2)C(C(=O)N(CC=C)c2ccccc2Cl)N(CCCCO)C(=O)[C@H]13. The molecule has 5 atom stereocenters. The summed E-state index contributed by atoms with van der Waals surface area (Å²) < 4.78 is 11.7. The fraction of sp³-hybridized carbons (Fsp3) is 0.500. The van der Waals surface area contributed by atoms with Crippen molar-refractivity contribution in [3.8, 4) is 0 Å². The molecule has 0 aromatic heterocycles. The highest BCUT2D eigenvalue weighted by Crippen LogP contribution is 2.59. The Labute approximate surface area is 210 Å². The number of hydrogen-bond acceptors (Lipinski definition) is 6. The minimum Gasteiger partial charge on any atom is -0.461 e. The van der Waals surface area contributed by atoms with Gasteiger partial charge < -0.3 is 24.4 Å². The Balaban J connectivity index is 1.74. The molecule has 1 N–H and O–H groups in total. The lowest BCUT2D eigenvalue weighted by molar-refractivity contribution is -0.154. The van der Waals surface area contributed by atoms with Gasteiger partial charge in [-0.3, -0.25) is 14.4 Å². The maximum Gasteiger partial charge on any atom is 0.312 e. The summed E-state index contributed by atoms with van der Waals surface area (Å²) in [5.74, 6) is -2.71. The van der Waals surface area contributed by atoms with Crippen LogP contribution >= 0.6 is 11.6 Å². The molecular weight excluding hydrogens is 472 g/mol. The summed E-state index contributed by atoms with van der Waals surface area (Å²) in [5.41, 5.74) is -0.618. The first-order chi connectivity index (χ1) is 16.9. The number of ether oxygens (including phenoxy) is 2. The maximum atomic E-state index is 14.2. The molecule has 2 amide bonds. The first-order valence-electron chi connectivity index (χ1n) is 11.9. The van der Waals surface area contributed by atoms with Crippen LogP contribution < -0.4 is 4.90 Å². The summed E-state index contributed by atoms with van der Waals surface area (Å²) in [6.45, 7) is 7.84. The van der Waals surface area contributed by atoms with Gasteiger partial charge in [0.1, 0.15) is 18.2 Å². The summed E-state index contributed by atoms with van der Waals surface area (Å²) in [5, 5.41) is 9.68. The number of nitrogens with zero attached hydrogens (tertiary/aromatic N) is 2. The van der Waals surface area contributed by atoms with Crippen LogP contribution in [0.1, 0.15) is 25.7 Å². The average Bonchev–Trinajstić information content (AvgIpc) is 3.49. The highest BCUT2D eigenvalue weighted by atomic mass is 35.5. The Morgan fingerprint density at radius 2 is 2.06 bits per heavy atom. The van der Waals surface area contributed by atoms with Crippen LogP contribution in [-0.2, 0) is 23.9 Å². The largest absolute Gasteiger partial charge is 0.461 e. The van der Waals surface area contributed by atoms with Crippen LogP contribution in [-0.4, -0.2) is 71.8 Å². The standard InChI is InChI=1S/C26H31ClN2O6/c1-3-13-28(18-10-6-5-9-17(18)27)24(32)22-26-12-11-19(35-26)20(25(33)34-16-4-2)21(26)23(31)29(22)14-7-8-15-30/h3-6,9-10,19-22,30H,1-2,7-8,11-16H2/t19-,20+,21-,22?,26?/m0/s1. The lowest BCUT2D eigenvalue weighted by atomic mass is 9.70. The smallest absolute Gasteiger partial charge is 0.312 e. The second kappa shape index (κ2) is 10.5. The maximum absolute atomic E-state index is 14.2. The van der Waals surface area contributed by atoms with Gasteiger partial charge in [0.25, 0.3) is 5.91 Å². The number of esters is 1. The number of amides is 2. The molecule has 188 valence electrons. The molecule has 1 aromatic carbocycles. The Hall–Kier alpha value is -2.68. The normalized spacial score (nSPS) is 28.6. The fourth-order valence-electron chi connectivity index (χ4n) is 5.83. The van der Waals surface area contributed by atoms with Gasteiger partial charge in [-0.15, -0.1) is 6.58 Å². The van der Waals surface area contributed by atoms with Gasteiger partial charge in [0.15, 0.2) is 0 Å². The lowest BCUT2D eigenvalue weighted by Gasteiger charge is -2.37. The number of carbonyl (C=O) groups is 3. The molecule has 35 heavy (non-hydrogen) atoms. The van der Waals surface area contributed by atoms with Crippen molar-refractivity contribution in [1.29, 1.82) is 0 Å². The van der Waals surface area contributed by atoms with E-state index < -0.39 is 35.6 Å². The molecule has 0 aliphatic carbocycles. The molecule has 0 saturated carbocycles. The molecule has 3 aliphatic heterocycles. The summed E-state index contributed by atoms with van der Waals surface area (Å²) in [6.07, 6.45) is 4.63. The minimum absolute atomic E-state index is 0.0213. The molecule has 1 spiro atoms. The van der Waals surface area contributed by atoms with E-state index in [0.717, 1.165) is 0 Å². The highest BCUT2D eigenvalue weighted by Gasteiger charge is 2.75. The van der Waals surface area contributed by atoms with Gasteiger partial charge in [-0.1, -0.05) is 42.5 Å². The molecule has 4 rings (SSSR count). The van der Waals surface area contributed by atoms with Crippen LogP contribution in [0.4, 0.5) is 5.69 Å². The molecule has 3 aliphatic rings. The van der Waals surface area contributed by atoms with Crippen LogP contribution in [0.15, 0.2) is 49.6 Å². The first kappa shape index (κ1) is 25.4. The molecule has 9 heteroatoms. The van der Waals surface area contributed by atoms with Crippen molar-refractivity contribution in [2.24, 2.45) is 11.8 Å². The zero-order valence-electron chi connectivity index (χ0n) is 19.6. The van der Waals surface area contributed by atoms with Gasteiger partial charge in [-0.05, 0) is 37.8 Å². The average molecular weight is 503 g/mol. The Morgan fingerprint density at radius 1 is 1.29 bits per heavy atom. The summed E-state index contributed by atoms with van der Waals surface area (Å²) in [4.78, 5) is 44.0. The second-order valence-corrected chi connectivity index (χ2v) is 9.53. The first-order valence-corrected chi connectivity index (χ1v) is 12.3. The summed E-state index contributed by atoms with van der Waals surface area (Å²) in [7, 11) is 0. The van der Waals surface area contributed by atoms with Crippen LogP contribution in [0.2, 0.25) is 5.02 Å². The van der Waals surface area contributed by atoms with E-state index in [0.29, 0.717) is 36.4 Å². The number of rotatable bonds is 11. The van der Waals surface area contributed by atoms with E-state index >= 15 is 0 Å². The molecular formula is C26H31ClN2O6. The van der Waals surface area contributed by atoms with Gasteiger partial charge in [0, 0.05) is 19.7 Å². The molecule has 1 aromatic rings. The molecule has 2 unspecified atom stereocenters. The number of para-hydroxylation sites is 1. The number of hydrogen-bond donors (Lipinski definition) is 1. The number of likely N-dealkylation sites (tertiary alicyclic amines) is 1. The summed E-state index contributed by atoms with van der Waals surface area (Å²) >= 11 is 6.44. The van der Waals surface area contributed by atoms with Gasteiger partial charge in [0.05, 0.1) is 28.6 Å². The number of unbranched alkanes of at least 4 members (excludes halogenated alkanes) is 1. The topological polar surface area (TPSA) is 96.4 Å². The third kappa shape index (κ3) is 4.28. The van der Waals surface area contributed by atoms with Crippen LogP contribution in [0.25, 0.3) is 0 Å². The number of anilines is 1. The van der Waals surface area contributed by atoms with Crippen molar-refractivity contribution in [2.75, 3.05) is 31.2 Å². The Kier molecular flexibility index (Phi) is 7.64. The van der Waals surface area contributed by atoms with E-state index in [2.05, 4.69) is 13.2 Å². The van der Waals surface area contributed by atoms with Gasteiger partial charge in [-0.2, -0.15) is 0 Å². The number of benzene rings is 1. The van der Waals surface area contributed by atoms with E-state index in [9.17, 15) is 19.5 Å². The van der Waals surface area contributed by atoms with E-state index in [-0.39, 0.29) is 38.1 Å². The van der Waals surface area contributed by atoms with Gasteiger partial charge >= 0.3 is 5.97 Å². The molecule has 0 radical (unpaired) electrons. The van der Waals surface area contributed by atoms with E-state index in [1.165, 1.54) is 15.9 Å². The predicted molar refractivity (Wildman–Crippen MR) is 131 cm³/mol. The minimum atomic E-state index is -1.13. The van der Waals surface area contributed by atoms with Crippen LogP contribution in [0, 0.1) is 11.8 Å².